The molecule has 0 amide bonds. The van der Waals surface area contributed by atoms with Gasteiger partial charge in [0.05, 0.1) is 11.7 Å². The molecular formula is C13H17F3O. The summed E-state index contributed by atoms with van der Waals surface area (Å²) >= 11 is 0. The fraction of sp³-hybridized carbons (Fsp3) is 0.538. The Balaban J connectivity index is 3.00. The van der Waals surface area contributed by atoms with Crippen LogP contribution in [-0.4, -0.2) is 11.2 Å². The molecule has 0 aromatic heterocycles. The number of hydrogen-bond acceptors (Lipinski definition) is 1. The van der Waals surface area contributed by atoms with Gasteiger partial charge in [-0.1, -0.05) is 39.0 Å². The van der Waals surface area contributed by atoms with Gasteiger partial charge in [-0.15, -0.1) is 0 Å². The maximum absolute atomic E-state index is 12.7. The SMILES string of the molecule is CC(C)(C)[C@@H](O)Cc1ccccc1C(F)(F)F. The van der Waals surface area contributed by atoms with Gasteiger partial charge in [0.15, 0.2) is 0 Å². The minimum atomic E-state index is -4.37. The fourth-order valence-corrected chi connectivity index (χ4v) is 1.49. The molecule has 0 aliphatic heterocycles. The summed E-state index contributed by atoms with van der Waals surface area (Å²) in [7, 11) is 0. The molecule has 1 N–H and O–H groups in total. The molecule has 0 aliphatic rings. The summed E-state index contributed by atoms with van der Waals surface area (Å²) in [5.74, 6) is 0. The molecule has 17 heavy (non-hydrogen) atoms. The van der Waals surface area contributed by atoms with Gasteiger partial charge < -0.3 is 5.11 Å². The number of halogens is 3. The van der Waals surface area contributed by atoms with E-state index in [1.165, 1.54) is 12.1 Å². The summed E-state index contributed by atoms with van der Waals surface area (Å²) in [4.78, 5) is 0. The standard InChI is InChI=1S/C13H17F3O/c1-12(2,3)11(17)8-9-6-4-5-7-10(9)13(14,15)16/h4-7,11,17H,8H2,1-3H3/t11-/m0/s1. The van der Waals surface area contributed by atoms with E-state index in [1.807, 2.05) is 0 Å². The molecule has 4 heteroatoms. The number of hydrogen-bond donors (Lipinski definition) is 1. The van der Waals surface area contributed by atoms with Gasteiger partial charge in [0.25, 0.3) is 0 Å². The number of rotatable bonds is 2. The molecule has 0 bridgehead atoms. The molecule has 1 atom stereocenters. The summed E-state index contributed by atoms with van der Waals surface area (Å²) in [5.41, 5.74) is -0.954. The summed E-state index contributed by atoms with van der Waals surface area (Å²) in [6.07, 6.45) is -5.15. The van der Waals surface area contributed by atoms with Gasteiger partial charge in [-0.2, -0.15) is 13.2 Å². The lowest BCUT2D eigenvalue weighted by atomic mass is 9.84. The van der Waals surface area contributed by atoms with Crippen LogP contribution in [0.4, 0.5) is 13.2 Å². The molecule has 1 aromatic carbocycles. The Bertz CT molecular complexity index is 377. The van der Waals surface area contributed by atoms with Crippen molar-refractivity contribution >= 4 is 0 Å². The normalized spacial score (nSPS) is 14.8. The molecule has 0 unspecified atom stereocenters. The predicted octanol–water partition coefficient (Wildman–Crippen LogP) is 3.65. The van der Waals surface area contributed by atoms with E-state index in [0.29, 0.717) is 0 Å². The average molecular weight is 246 g/mol. The van der Waals surface area contributed by atoms with Crippen molar-refractivity contribution in [3.05, 3.63) is 35.4 Å². The Labute approximate surface area is 99.3 Å². The minimum Gasteiger partial charge on any atom is -0.392 e. The number of aliphatic hydroxyl groups excluding tert-OH is 1. The first kappa shape index (κ1) is 14.0. The lowest BCUT2D eigenvalue weighted by Crippen LogP contribution is -2.29. The third-order valence-electron chi connectivity index (χ3n) is 2.74. The summed E-state index contributed by atoms with van der Waals surface area (Å²) in [6.45, 7) is 5.40. The van der Waals surface area contributed by atoms with E-state index in [0.717, 1.165) is 6.07 Å². The monoisotopic (exact) mass is 246 g/mol. The second kappa shape index (κ2) is 4.69. The number of aliphatic hydroxyl groups is 1. The second-order valence-corrected chi connectivity index (χ2v) is 5.24. The van der Waals surface area contributed by atoms with Crippen molar-refractivity contribution in [3.63, 3.8) is 0 Å². The van der Waals surface area contributed by atoms with E-state index < -0.39 is 23.3 Å². The van der Waals surface area contributed by atoms with Crippen molar-refractivity contribution in [2.45, 2.75) is 39.5 Å². The molecule has 0 fully saturated rings. The van der Waals surface area contributed by atoms with Gasteiger partial charge in [-0.25, -0.2) is 0 Å². The molecule has 1 rings (SSSR count). The molecule has 0 saturated heterocycles. The van der Waals surface area contributed by atoms with Gasteiger partial charge in [0.2, 0.25) is 0 Å². The Morgan fingerprint density at radius 3 is 2.12 bits per heavy atom. The largest absolute Gasteiger partial charge is 0.416 e. The molecule has 0 radical (unpaired) electrons. The van der Waals surface area contributed by atoms with Crippen LogP contribution >= 0.6 is 0 Å². The van der Waals surface area contributed by atoms with E-state index in [4.69, 9.17) is 0 Å². The molecule has 1 nitrogen and oxygen atoms in total. The molecule has 0 aliphatic carbocycles. The van der Waals surface area contributed by atoms with Gasteiger partial charge in [-0.05, 0) is 23.5 Å². The summed E-state index contributed by atoms with van der Waals surface area (Å²) < 4.78 is 38.1. The Morgan fingerprint density at radius 1 is 1.12 bits per heavy atom. The summed E-state index contributed by atoms with van der Waals surface area (Å²) in [6, 6.07) is 5.37. The third-order valence-corrected chi connectivity index (χ3v) is 2.74. The third kappa shape index (κ3) is 3.73. The zero-order valence-corrected chi connectivity index (χ0v) is 10.2. The second-order valence-electron chi connectivity index (χ2n) is 5.24. The van der Waals surface area contributed by atoms with Crippen LogP contribution < -0.4 is 0 Å². The van der Waals surface area contributed by atoms with Crippen LogP contribution in [0, 0.1) is 5.41 Å². The van der Waals surface area contributed by atoms with E-state index >= 15 is 0 Å². The molecule has 96 valence electrons. The van der Waals surface area contributed by atoms with Crippen molar-refractivity contribution in [1.29, 1.82) is 0 Å². The first-order chi connectivity index (χ1) is 7.62. The lowest BCUT2D eigenvalue weighted by Gasteiger charge is -2.26. The highest BCUT2D eigenvalue weighted by Crippen LogP contribution is 2.33. The van der Waals surface area contributed by atoms with Crippen molar-refractivity contribution in [3.8, 4) is 0 Å². The molecule has 0 saturated carbocycles. The van der Waals surface area contributed by atoms with Gasteiger partial charge >= 0.3 is 6.18 Å². The van der Waals surface area contributed by atoms with Crippen molar-refractivity contribution in [1.82, 2.24) is 0 Å². The van der Waals surface area contributed by atoms with Crippen LogP contribution in [0.5, 0.6) is 0 Å². The van der Waals surface area contributed by atoms with Gasteiger partial charge in [-0.3, -0.25) is 0 Å². The molecule has 0 spiro atoms. The van der Waals surface area contributed by atoms with E-state index in [9.17, 15) is 18.3 Å². The fourth-order valence-electron chi connectivity index (χ4n) is 1.49. The van der Waals surface area contributed by atoms with Gasteiger partial charge in [0, 0.05) is 0 Å². The summed E-state index contributed by atoms with van der Waals surface area (Å²) in [5, 5.41) is 9.86. The average Bonchev–Trinajstić information content (AvgIpc) is 2.15. The van der Waals surface area contributed by atoms with Crippen molar-refractivity contribution in [2.75, 3.05) is 0 Å². The smallest absolute Gasteiger partial charge is 0.392 e. The first-order valence-electron chi connectivity index (χ1n) is 5.45. The predicted molar refractivity (Wildman–Crippen MR) is 60.6 cm³/mol. The molecule has 0 heterocycles. The van der Waals surface area contributed by atoms with Crippen LogP contribution in [0.1, 0.15) is 31.9 Å². The Hall–Kier alpha value is -1.03. The topological polar surface area (TPSA) is 20.2 Å². The van der Waals surface area contributed by atoms with Crippen LogP contribution in [0.25, 0.3) is 0 Å². The van der Waals surface area contributed by atoms with E-state index in [2.05, 4.69) is 0 Å². The lowest BCUT2D eigenvalue weighted by molar-refractivity contribution is -0.138. The highest BCUT2D eigenvalue weighted by Gasteiger charge is 2.34. The number of alkyl halides is 3. The zero-order valence-electron chi connectivity index (χ0n) is 10.2. The van der Waals surface area contributed by atoms with E-state index in [-0.39, 0.29) is 12.0 Å². The Kier molecular flexibility index (Phi) is 3.87. The van der Waals surface area contributed by atoms with Crippen LogP contribution in [-0.2, 0) is 12.6 Å². The quantitative estimate of drug-likeness (QED) is 0.844. The van der Waals surface area contributed by atoms with Gasteiger partial charge in [0.1, 0.15) is 0 Å². The van der Waals surface area contributed by atoms with Crippen LogP contribution in [0.3, 0.4) is 0 Å². The van der Waals surface area contributed by atoms with Crippen molar-refractivity contribution < 1.29 is 18.3 Å². The maximum atomic E-state index is 12.7. The number of benzene rings is 1. The molecule has 1 aromatic rings. The molecular weight excluding hydrogens is 229 g/mol. The van der Waals surface area contributed by atoms with Crippen molar-refractivity contribution in [2.24, 2.45) is 5.41 Å². The van der Waals surface area contributed by atoms with Crippen LogP contribution in [0.2, 0.25) is 0 Å². The first-order valence-corrected chi connectivity index (χ1v) is 5.45. The Morgan fingerprint density at radius 2 is 1.65 bits per heavy atom. The zero-order chi connectivity index (χ0) is 13.3. The highest BCUT2D eigenvalue weighted by molar-refractivity contribution is 5.30. The van der Waals surface area contributed by atoms with Crippen LogP contribution in [0.15, 0.2) is 24.3 Å². The maximum Gasteiger partial charge on any atom is 0.416 e. The van der Waals surface area contributed by atoms with E-state index in [1.54, 1.807) is 26.8 Å². The highest BCUT2D eigenvalue weighted by atomic mass is 19.4. The minimum absolute atomic E-state index is 0.0131.